The van der Waals surface area contributed by atoms with E-state index in [1.807, 2.05) is 6.07 Å². The molecule has 0 spiro atoms. The Bertz CT molecular complexity index is 4060. The molecule has 338 valence electrons. The van der Waals surface area contributed by atoms with Crippen LogP contribution in [0.2, 0.25) is 0 Å². The summed E-state index contributed by atoms with van der Waals surface area (Å²) in [5.74, 6) is 0.874. The molecule has 0 bridgehead atoms. The van der Waals surface area contributed by atoms with Crippen molar-refractivity contribution < 1.29 is 4.42 Å². The number of rotatable bonds is 10. The lowest BCUT2D eigenvalue weighted by atomic mass is 9.89. The molecule has 2 nitrogen and oxygen atoms in total. The van der Waals surface area contributed by atoms with E-state index in [0.717, 1.165) is 67.2 Å². The monoisotopic (exact) mass is 917 g/mol. The van der Waals surface area contributed by atoms with E-state index >= 15 is 0 Å². The third kappa shape index (κ3) is 7.82. The average molecular weight is 918 g/mol. The van der Waals surface area contributed by atoms with Crippen molar-refractivity contribution in [3.8, 4) is 78.1 Å². The maximum absolute atomic E-state index is 6.64. The van der Waals surface area contributed by atoms with E-state index in [2.05, 4.69) is 284 Å². The van der Waals surface area contributed by atoms with Crippen LogP contribution in [0.25, 0.3) is 111 Å². The van der Waals surface area contributed by atoms with Crippen molar-refractivity contribution in [2.45, 2.75) is 0 Å². The molecule has 0 aliphatic heterocycles. The van der Waals surface area contributed by atoms with Crippen molar-refractivity contribution in [3.05, 3.63) is 285 Å². The van der Waals surface area contributed by atoms with Crippen LogP contribution in [0.4, 0.5) is 17.1 Å². The van der Waals surface area contributed by atoms with Crippen molar-refractivity contribution >= 4 is 49.6 Å². The highest BCUT2D eigenvalue weighted by molar-refractivity contribution is 6.14. The van der Waals surface area contributed by atoms with Gasteiger partial charge in [-0.3, -0.25) is 0 Å². The Balaban J connectivity index is 0.889. The van der Waals surface area contributed by atoms with Gasteiger partial charge >= 0.3 is 0 Å². The predicted octanol–water partition coefficient (Wildman–Crippen LogP) is 19.9. The minimum absolute atomic E-state index is 0.874. The number of fused-ring (bicyclic) bond motifs is 4. The van der Waals surface area contributed by atoms with Gasteiger partial charge in [0.1, 0.15) is 11.3 Å². The van der Waals surface area contributed by atoms with Gasteiger partial charge in [0.15, 0.2) is 0 Å². The number of benzene rings is 12. The second-order valence-corrected chi connectivity index (χ2v) is 18.4. The van der Waals surface area contributed by atoms with Crippen LogP contribution in [0.5, 0.6) is 0 Å². The molecule has 0 atom stereocenters. The molecule has 2 heteroatoms. The fraction of sp³-hybridized carbons (Fsp3) is 0. The maximum Gasteiger partial charge on any atom is 0.143 e. The number of nitrogens with zero attached hydrogens (tertiary/aromatic N) is 1. The molecule has 0 aliphatic carbocycles. The van der Waals surface area contributed by atoms with Gasteiger partial charge in [-0.1, -0.05) is 231 Å². The third-order valence-electron chi connectivity index (χ3n) is 14.1. The topological polar surface area (TPSA) is 16.4 Å². The SMILES string of the molecule is c1ccc(-c2ccccc2-c2ccccc2-c2ccc(N(c3ccc(-c4cccc(-c5oc6ccccc6c5-c5ccccc5)c4)cc3)c3ccc(-c4cc5ccccc5c5ccccc45)cc3)cc2)cc1. The molecule has 12 aromatic carbocycles. The number of para-hydroxylation sites is 1. The summed E-state index contributed by atoms with van der Waals surface area (Å²) >= 11 is 0. The van der Waals surface area contributed by atoms with Crippen LogP contribution in [0.3, 0.4) is 0 Å². The second-order valence-electron chi connectivity index (χ2n) is 18.4. The summed E-state index contributed by atoms with van der Waals surface area (Å²) in [5.41, 5.74) is 19.2. The Morgan fingerprint density at radius 2 is 0.667 bits per heavy atom. The van der Waals surface area contributed by atoms with Gasteiger partial charge in [-0.2, -0.15) is 0 Å². The summed E-state index contributed by atoms with van der Waals surface area (Å²) in [6, 6.07) is 103. The highest BCUT2D eigenvalue weighted by Gasteiger charge is 2.20. The lowest BCUT2D eigenvalue weighted by Crippen LogP contribution is -2.09. The van der Waals surface area contributed by atoms with Gasteiger partial charge in [0.25, 0.3) is 0 Å². The zero-order valence-corrected chi connectivity index (χ0v) is 39.5. The number of hydrogen-bond donors (Lipinski definition) is 0. The highest BCUT2D eigenvalue weighted by Crippen LogP contribution is 2.44. The molecule has 72 heavy (non-hydrogen) atoms. The molecule has 1 aromatic heterocycles. The van der Waals surface area contributed by atoms with E-state index in [-0.39, 0.29) is 0 Å². The summed E-state index contributed by atoms with van der Waals surface area (Å²) < 4.78 is 6.64. The van der Waals surface area contributed by atoms with Crippen molar-refractivity contribution in [2.75, 3.05) is 4.90 Å². The van der Waals surface area contributed by atoms with Gasteiger partial charge in [0.05, 0.1) is 0 Å². The largest absolute Gasteiger partial charge is 0.455 e. The minimum Gasteiger partial charge on any atom is -0.455 e. The van der Waals surface area contributed by atoms with Gasteiger partial charge < -0.3 is 9.32 Å². The van der Waals surface area contributed by atoms with Crippen LogP contribution < -0.4 is 4.90 Å². The van der Waals surface area contributed by atoms with Crippen LogP contribution in [0.1, 0.15) is 0 Å². The minimum atomic E-state index is 0.874. The molecule has 13 aromatic rings. The molecular formula is C70H47NO. The van der Waals surface area contributed by atoms with E-state index in [1.54, 1.807) is 0 Å². The van der Waals surface area contributed by atoms with Gasteiger partial charge in [0, 0.05) is 33.6 Å². The summed E-state index contributed by atoms with van der Waals surface area (Å²) in [5, 5.41) is 6.13. The molecule has 0 N–H and O–H groups in total. The Hall–Kier alpha value is -9.50. The standard InChI is InChI=1S/C70H47NO/c1-3-18-49(19-4-1)59-25-9-11-28-62(59)63-29-12-10-26-60(63)50-36-42-57(43-37-50)71(58-44-38-51(39-45-58)67-47-54-22-7-8-27-61(54)64-30-13-14-31-65(64)67)56-40-34-48(35-41-56)53-23-17-24-55(46-53)70-69(52-20-5-2-6-21-52)66-32-15-16-33-68(66)72-70/h1-47H. The molecule has 0 amide bonds. The van der Waals surface area contributed by atoms with E-state index in [4.69, 9.17) is 4.42 Å². The maximum atomic E-state index is 6.64. The fourth-order valence-electron chi connectivity index (χ4n) is 10.7. The number of anilines is 3. The fourth-order valence-corrected chi connectivity index (χ4v) is 10.7. The quantitative estimate of drug-likeness (QED) is 0.127. The lowest BCUT2D eigenvalue weighted by Gasteiger charge is -2.26. The summed E-state index contributed by atoms with van der Waals surface area (Å²) in [6.45, 7) is 0. The van der Waals surface area contributed by atoms with Crippen LogP contribution in [-0.4, -0.2) is 0 Å². The number of hydrogen-bond acceptors (Lipinski definition) is 2. The molecule has 13 rings (SSSR count). The van der Waals surface area contributed by atoms with Crippen LogP contribution >= 0.6 is 0 Å². The van der Waals surface area contributed by atoms with Gasteiger partial charge in [-0.25, -0.2) is 0 Å². The Labute approximate surface area is 420 Å². The predicted molar refractivity (Wildman–Crippen MR) is 304 cm³/mol. The summed E-state index contributed by atoms with van der Waals surface area (Å²) in [4.78, 5) is 2.36. The Kier molecular flexibility index (Phi) is 10.9. The highest BCUT2D eigenvalue weighted by atomic mass is 16.3. The smallest absolute Gasteiger partial charge is 0.143 e. The summed E-state index contributed by atoms with van der Waals surface area (Å²) in [7, 11) is 0. The molecule has 0 saturated carbocycles. The lowest BCUT2D eigenvalue weighted by molar-refractivity contribution is 0.632. The Morgan fingerprint density at radius 3 is 1.29 bits per heavy atom. The van der Waals surface area contributed by atoms with Crippen LogP contribution in [0.15, 0.2) is 290 Å². The van der Waals surface area contributed by atoms with E-state index in [1.165, 1.54) is 60.5 Å². The van der Waals surface area contributed by atoms with E-state index < -0.39 is 0 Å². The number of furan rings is 1. The van der Waals surface area contributed by atoms with Gasteiger partial charge in [-0.05, 0) is 137 Å². The molecule has 0 radical (unpaired) electrons. The zero-order valence-electron chi connectivity index (χ0n) is 39.5. The molecule has 0 unspecified atom stereocenters. The zero-order chi connectivity index (χ0) is 47.8. The van der Waals surface area contributed by atoms with Crippen LogP contribution in [-0.2, 0) is 0 Å². The summed E-state index contributed by atoms with van der Waals surface area (Å²) in [6.07, 6.45) is 0. The molecule has 0 aliphatic rings. The van der Waals surface area contributed by atoms with E-state index in [0.29, 0.717) is 0 Å². The molecular weight excluding hydrogens is 871 g/mol. The van der Waals surface area contributed by atoms with Crippen LogP contribution in [0, 0.1) is 0 Å². The first kappa shape index (κ1) is 42.6. The second kappa shape index (κ2) is 18.4. The van der Waals surface area contributed by atoms with Crippen molar-refractivity contribution in [1.82, 2.24) is 0 Å². The first-order valence-corrected chi connectivity index (χ1v) is 24.7. The Morgan fingerprint density at radius 1 is 0.236 bits per heavy atom. The third-order valence-corrected chi connectivity index (χ3v) is 14.1. The normalized spacial score (nSPS) is 11.3. The van der Waals surface area contributed by atoms with Crippen molar-refractivity contribution in [2.24, 2.45) is 0 Å². The van der Waals surface area contributed by atoms with Crippen molar-refractivity contribution in [3.63, 3.8) is 0 Å². The van der Waals surface area contributed by atoms with Crippen molar-refractivity contribution in [1.29, 1.82) is 0 Å². The molecule has 1 heterocycles. The first-order valence-electron chi connectivity index (χ1n) is 24.7. The molecule has 0 fully saturated rings. The molecule has 0 saturated heterocycles. The van der Waals surface area contributed by atoms with E-state index in [9.17, 15) is 0 Å². The van der Waals surface area contributed by atoms with Gasteiger partial charge in [0.2, 0.25) is 0 Å². The average Bonchev–Trinajstić information content (AvgIpc) is 3.86. The van der Waals surface area contributed by atoms with Gasteiger partial charge in [-0.15, -0.1) is 0 Å². The first-order chi connectivity index (χ1) is 35.7.